The topological polar surface area (TPSA) is 231 Å². The second-order valence-electron chi connectivity index (χ2n) is 14.5. The lowest BCUT2D eigenvalue weighted by atomic mass is 9.98. The summed E-state index contributed by atoms with van der Waals surface area (Å²) in [7, 11) is 0. The van der Waals surface area contributed by atoms with Gasteiger partial charge in [-0.2, -0.15) is 0 Å². The van der Waals surface area contributed by atoms with Gasteiger partial charge in [0, 0.05) is 12.8 Å². The third-order valence-corrected chi connectivity index (χ3v) is 9.44. The standard InChI is InChI=1S/C46H70O15/c1-3-5-7-9-11-13-15-17-19-21-23-25-27-29-38(49)59-34(31-56-37(48)28-26-24-22-20-18-16-14-12-10-8-6-4-2)32-57-45-44(55)42(53)40(51)36(61-45)33-58-46-43(54)41(52)39(50)35(30-47)60-46/h5-9,11-15,17-21,23,34-36,39-47,50-55H,3-4,10,16,22,24-33H2,1-2H3/b7-5+,8-6+,11-9+,14-12+,15-13+,19-17+,20-18+,23-21+/t34?,35-,36-,39+,40+,41?,42?,43?,44?,45-,46-/m1/s1. The Labute approximate surface area is 360 Å². The largest absolute Gasteiger partial charge is 0.462 e. The van der Waals surface area contributed by atoms with Crippen LogP contribution in [0, 0.1) is 0 Å². The molecule has 0 spiro atoms. The first-order chi connectivity index (χ1) is 29.5. The number of hydrogen-bond donors (Lipinski definition) is 7. The van der Waals surface area contributed by atoms with Crippen molar-refractivity contribution in [2.45, 2.75) is 152 Å². The van der Waals surface area contributed by atoms with Gasteiger partial charge in [-0.05, 0) is 57.8 Å². The molecule has 15 heteroatoms. The number of hydrogen-bond acceptors (Lipinski definition) is 15. The first-order valence-electron chi connectivity index (χ1n) is 21.4. The van der Waals surface area contributed by atoms with Crippen molar-refractivity contribution in [1.29, 1.82) is 0 Å². The van der Waals surface area contributed by atoms with Crippen LogP contribution in [-0.2, 0) is 38.0 Å². The van der Waals surface area contributed by atoms with Gasteiger partial charge >= 0.3 is 11.9 Å². The molecule has 0 aromatic carbocycles. The summed E-state index contributed by atoms with van der Waals surface area (Å²) in [6.45, 7) is 2.14. The molecule has 11 atom stereocenters. The van der Waals surface area contributed by atoms with Gasteiger partial charge < -0.3 is 64.2 Å². The van der Waals surface area contributed by atoms with Crippen molar-refractivity contribution in [2.75, 3.05) is 26.4 Å². The summed E-state index contributed by atoms with van der Waals surface area (Å²) in [5.41, 5.74) is 0. The molecule has 0 bridgehead atoms. The van der Waals surface area contributed by atoms with Crippen molar-refractivity contribution >= 4 is 11.9 Å². The van der Waals surface area contributed by atoms with Gasteiger partial charge in [-0.15, -0.1) is 0 Å². The van der Waals surface area contributed by atoms with Gasteiger partial charge in [-0.1, -0.05) is 111 Å². The molecule has 0 saturated carbocycles. The molecule has 2 rings (SSSR count). The number of unbranched alkanes of at least 4 members (excludes halogenated alkanes) is 3. The molecule has 2 heterocycles. The average molecular weight is 863 g/mol. The summed E-state index contributed by atoms with van der Waals surface area (Å²) in [6, 6.07) is 0. The predicted molar refractivity (Wildman–Crippen MR) is 228 cm³/mol. The minimum atomic E-state index is -1.79. The molecule has 61 heavy (non-hydrogen) atoms. The van der Waals surface area contributed by atoms with Crippen molar-refractivity contribution in [1.82, 2.24) is 0 Å². The van der Waals surface area contributed by atoms with Crippen molar-refractivity contribution in [2.24, 2.45) is 0 Å². The number of esters is 2. The van der Waals surface area contributed by atoms with E-state index in [0.717, 1.165) is 38.5 Å². The molecular weight excluding hydrogens is 792 g/mol. The van der Waals surface area contributed by atoms with Crippen LogP contribution in [0.5, 0.6) is 0 Å². The SMILES string of the molecule is CC/C=C/C=C/C=C/C=C/C=C/CCCC(=O)OC(COC(=O)CCCC/C=C/C/C=C/C/C=C/CC)CO[C@@H]1O[C@H](CO[C@@H]2O[C@H](CO)[C@H](O)C(O)C2O)[C@H](O)C(O)C1O. The van der Waals surface area contributed by atoms with Gasteiger partial charge in [-0.3, -0.25) is 9.59 Å². The van der Waals surface area contributed by atoms with Gasteiger partial charge in [0.1, 0.15) is 55.4 Å². The van der Waals surface area contributed by atoms with Gasteiger partial charge in [0.25, 0.3) is 0 Å². The van der Waals surface area contributed by atoms with E-state index in [1.54, 1.807) is 0 Å². The summed E-state index contributed by atoms with van der Waals surface area (Å²) < 4.78 is 33.2. The number of carbonyl (C=O) groups excluding carboxylic acids is 2. The van der Waals surface area contributed by atoms with Crippen LogP contribution in [0.3, 0.4) is 0 Å². The summed E-state index contributed by atoms with van der Waals surface area (Å²) >= 11 is 0. The Bertz CT molecular complexity index is 1430. The molecule has 2 aliphatic rings. The fourth-order valence-electron chi connectivity index (χ4n) is 5.90. The normalized spacial score (nSPS) is 28.3. The summed E-state index contributed by atoms with van der Waals surface area (Å²) in [5.74, 6) is -1.07. The second kappa shape index (κ2) is 33.0. The van der Waals surface area contributed by atoms with Gasteiger partial charge in [0.2, 0.25) is 0 Å². The summed E-state index contributed by atoms with van der Waals surface area (Å²) in [4.78, 5) is 25.5. The zero-order valence-electron chi connectivity index (χ0n) is 35.6. The Hall–Kier alpha value is -3.58. The first kappa shape index (κ1) is 53.6. The third kappa shape index (κ3) is 22.4. The lowest BCUT2D eigenvalue weighted by Gasteiger charge is -2.42. The lowest BCUT2D eigenvalue weighted by Crippen LogP contribution is -2.61. The number of aliphatic hydroxyl groups is 7. The van der Waals surface area contributed by atoms with Gasteiger partial charge in [-0.25, -0.2) is 0 Å². The van der Waals surface area contributed by atoms with Crippen molar-refractivity contribution in [3.8, 4) is 0 Å². The molecule has 0 amide bonds. The number of ether oxygens (including phenoxy) is 6. The highest BCUT2D eigenvalue weighted by Crippen LogP contribution is 2.26. The van der Waals surface area contributed by atoms with E-state index in [4.69, 9.17) is 28.4 Å². The minimum absolute atomic E-state index is 0.0541. The monoisotopic (exact) mass is 862 g/mol. The zero-order chi connectivity index (χ0) is 44.7. The highest BCUT2D eigenvalue weighted by Gasteiger charge is 2.47. The predicted octanol–water partition coefficient (Wildman–Crippen LogP) is 3.86. The Kier molecular flexibility index (Phi) is 29.0. The second-order valence-corrected chi connectivity index (χ2v) is 14.5. The molecule has 2 aliphatic heterocycles. The summed E-state index contributed by atoms with van der Waals surface area (Å²) in [6.07, 6.45) is 22.0. The molecule has 2 saturated heterocycles. The molecule has 15 nitrogen and oxygen atoms in total. The van der Waals surface area contributed by atoms with Crippen LogP contribution in [0.2, 0.25) is 0 Å². The first-order valence-corrected chi connectivity index (χ1v) is 21.4. The molecule has 0 aromatic rings. The van der Waals surface area contributed by atoms with Crippen molar-refractivity contribution in [3.05, 3.63) is 97.2 Å². The molecule has 0 aromatic heterocycles. The highest BCUT2D eigenvalue weighted by molar-refractivity contribution is 5.70. The number of aliphatic hydroxyl groups excluding tert-OH is 7. The van der Waals surface area contributed by atoms with Crippen molar-refractivity contribution < 1.29 is 73.8 Å². The number of rotatable bonds is 29. The maximum Gasteiger partial charge on any atom is 0.306 e. The molecule has 0 aliphatic carbocycles. The molecule has 344 valence electrons. The van der Waals surface area contributed by atoms with Crippen LogP contribution in [0.15, 0.2) is 97.2 Å². The van der Waals surface area contributed by atoms with E-state index >= 15 is 0 Å². The van der Waals surface area contributed by atoms with E-state index in [0.29, 0.717) is 19.3 Å². The van der Waals surface area contributed by atoms with Gasteiger partial charge in [0.15, 0.2) is 18.7 Å². The average Bonchev–Trinajstić information content (AvgIpc) is 3.25. The van der Waals surface area contributed by atoms with E-state index in [2.05, 4.69) is 56.4 Å². The van der Waals surface area contributed by atoms with E-state index in [-0.39, 0.29) is 19.4 Å². The Balaban J connectivity index is 1.94. The minimum Gasteiger partial charge on any atom is -0.462 e. The van der Waals surface area contributed by atoms with E-state index in [1.807, 2.05) is 54.7 Å². The number of allylic oxidation sites excluding steroid dienone is 16. The maximum absolute atomic E-state index is 12.9. The molecule has 2 fully saturated rings. The molecule has 0 radical (unpaired) electrons. The van der Waals surface area contributed by atoms with E-state index in [9.17, 15) is 45.3 Å². The third-order valence-electron chi connectivity index (χ3n) is 9.44. The fraction of sp³-hybridized carbons (Fsp3) is 0.609. The quantitative estimate of drug-likeness (QED) is 0.0245. The Morgan fingerprint density at radius 1 is 0.541 bits per heavy atom. The van der Waals surface area contributed by atoms with Crippen LogP contribution >= 0.6 is 0 Å². The summed E-state index contributed by atoms with van der Waals surface area (Å²) in [5, 5.41) is 71.7. The van der Waals surface area contributed by atoms with Crippen LogP contribution in [0.4, 0.5) is 0 Å². The molecule has 5 unspecified atom stereocenters. The molecule has 7 N–H and O–H groups in total. The van der Waals surface area contributed by atoms with Crippen LogP contribution in [0.1, 0.15) is 84.5 Å². The Morgan fingerprint density at radius 2 is 1.07 bits per heavy atom. The fourth-order valence-corrected chi connectivity index (χ4v) is 5.90. The van der Waals surface area contributed by atoms with Crippen molar-refractivity contribution in [3.63, 3.8) is 0 Å². The maximum atomic E-state index is 12.9. The Morgan fingerprint density at radius 3 is 1.70 bits per heavy atom. The smallest absolute Gasteiger partial charge is 0.306 e. The van der Waals surface area contributed by atoms with E-state index in [1.165, 1.54) is 0 Å². The highest BCUT2D eigenvalue weighted by atomic mass is 16.7. The molecular formula is C46H70O15. The lowest BCUT2D eigenvalue weighted by molar-refractivity contribution is -0.332. The van der Waals surface area contributed by atoms with Crippen LogP contribution in [0.25, 0.3) is 0 Å². The van der Waals surface area contributed by atoms with Gasteiger partial charge in [0.05, 0.1) is 19.8 Å². The number of carbonyl (C=O) groups is 2. The van der Waals surface area contributed by atoms with E-state index < -0.39 is 99.3 Å². The zero-order valence-corrected chi connectivity index (χ0v) is 35.6. The van der Waals surface area contributed by atoms with Crippen LogP contribution < -0.4 is 0 Å². The van der Waals surface area contributed by atoms with Crippen LogP contribution in [-0.4, -0.2) is 142 Å².